The first-order valence-corrected chi connectivity index (χ1v) is 6.17. The molecule has 2 aromatic rings. The van der Waals surface area contributed by atoms with Crippen molar-refractivity contribution in [3.05, 3.63) is 52.6 Å². The summed E-state index contributed by atoms with van der Waals surface area (Å²) in [7, 11) is 1.91. The molecule has 96 valence electrons. The number of aromatic nitrogens is 2. The molecule has 0 spiro atoms. The second kappa shape index (κ2) is 5.98. The summed E-state index contributed by atoms with van der Waals surface area (Å²) in [5, 5.41) is 7.73. The number of hydrogen-bond donors (Lipinski definition) is 1. The normalized spacial score (nSPS) is 10.8. The third-order valence-electron chi connectivity index (χ3n) is 2.84. The number of nitrogens with one attached hydrogen (secondary N) is 1. The molecule has 1 heterocycles. The molecule has 3 nitrogen and oxygen atoms in total. The first-order chi connectivity index (χ1) is 8.68. The van der Waals surface area contributed by atoms with Crippen LogP contribution in [0, 0.1) is 5.82 Å². The molecule has 18 heavy (non-hydrogen) atoms. The molecule has 0 fully saturated rings. The molecule has 1 N–H and O–H groups in total. The van der Waals surface area contributed by atoms with E-state index in [2.05, 4.69) is 10.4 Å². The van der Waals surface area contributed by atoms with Crippen LogP contribution in [-0.4, -0.2) is 16.3 Å². The van der Waals surface area contributed by atoms with Crippen molar-refractivity contribution in [2.24, 2.45) is 7.05 Å². The van der Waals surface area contributed by atoms with Crippen LogP contribution in [0.5, 0.6) is 0 Å². The van der Waals surface area contributed by atoms with Gasteiger partial charge in [-0.1, -0.05) is 17.7 Å². The standard InChI is InChI=1S/C13H15ClFN3/c1-18-10(6-8-17-18)5-7-16-9-11-12(14)3-2-4-13(11)15/h2-4,6,8,16H,5,7,9H2,1H3. The Hall–Kier alpha value is -1.39. The second-order valence-corrected chi connectivity index (χ2v) is 4.48. The highest BCUT2D eigenvalue weighted by Crippen LogP contribution is 2.18. The van der Waals surface area contributed by atoms with Gasteiger partial charge in [-0.3, -0.25) is 4.68 Å². The average molecular weight is 268 g/mol. The topological polar surface area (TPSA) is 29.9 Å². The van der Waals surface area contributed by atoms with Crippen molar-refractivity contribution in [3.63, 3.8) is 0 Å². The number of benzene rings is 1. The number of halogens is 2. The summed E-state index contributed by atoms with van der Waals surface area (Å²) in [6.07, 6.45) is 2.62. The van der Waals surface area contributed by atoms with E-state index < -0.39 is 0 Å². The number of hydrogen-bond acceptors (Lipinski definition) is 2. The summed E-state index contributed by atoms with van der Waals surface area (Å²) >= 11 is 5.94. The van der Waals surface area contributed by atoms with Gasteiger partial charge < -0.3 is 5.32 Å². The SMILES string of the molecule is Cn1nccc1CCNCc1c(F)cccc1Cl. The fourth-order valence-corrected chi connectivity index (χ4v) is 2.01. The minimum absolute atomic E-state index is 0.268. The zero-order valence-corrected chi connectivity index (χ0v) is 10.9. The molecule has 0 unspecified atom stereocenters. The maximum atomic E-state index is 13.5. The summed E-state index contributed by atoms with van der Waals surface area (Å²) in [5.41, 5.74) is 1.66. The lowest BCUT2D eigenvalue weighted by molar-refractivity contribution is 0.583. The van der Waals surface area contributed by atoms with Crippen molar-refractivity contribution in [3.8, 4) is 0 Å². The maximum absolute atomic E-state index is 13.5. The van der Waals surface area contributed by atoms with Crippen LogP contribution in [0.1, 0.15) is 11.3 Å². The molecule has 0 bridgehead atoms. The summed E-state index contributed by atoms with van der Waals surface area (Å²) in [5.74, 6) is -0.268. The van der Waals surface area contributed by atoms with Crippen molar-refractivity contribution in [2.75, 3.05) is 6.54 Å². The van der Waals surface area contributed by atoms with Crippen molar-refractivity contribution >= 4 is 11.6 Å². The Morgan fingerprint density at radius 3 is 2.89 bits per heavy atom. The monoisotopic (exact) mass is 267 g/mol. The van der Waals surface area contributed by atoms with E-state index in [1.54, 1.807) is 18.3 Å². The molecule has 0 aliphatic heterocycles. The van der Waals surface area contributed by atoms with Gasteiger partial charge in [0.1, 0.15) is 5.82 Å². The highest BCUT2D eigenvalue weighted by molar-refractivity contribution is 6.31. The molecule has 0 saturated carbocycles. The van der Waals surface area contributed by atoms with E-state index in [9.17, 15) is 4.39 Å². The predicted octanol–water partition coefficient (Wildman–Crippen LogP) is 2.54. The third kappa shape index (κ3) is 3.09. The highest BCUT2D eigenvalue weighted by Gasteiger charge is 2.06. The van der Waals surface area contributed by atoms with Gasteiger partial charge in [-0.2, -0.15) is 5.10 Å². The minimum Gasteiger partial charge on any atom is -0.312 e. The second-order valence-electron chi connectivity index (χ2n) is 4.07. The van der Waals surface area contributed by atoms with Crippen LogP contribution in [0.2, 0.25) is 5.02 Å². The number of rotatable bonds is 5. The molecule has 0 aliphatic rings. The number of nitrogens with zero attached hydrogens (tertiary/aromatic N) is 2. The van der Waals surface area contributed by atoms with Gasteiger partial charge in [-0.05, 0) is 18.2 Å². The van der Waals surface area contributed by atoms with E-state index in [0.29, 0.717) is 17.1 Å². The Labute approximate surface area is 111 Å². The smallest absolute Gasteiger partial charge is 0.129 e. The first kappa shape index (κ1) is 13.1. The minimum atomic E-state index is -0.268. The van der Waals surface area contributed by atoms with Crippen LogP contribution in [0.3, 0.4) is 0 Å². The molecule has 0 saturated heterocycles. The molecule has 5 heteroatoms. The van der Waals surface area contributed by atoms with Gasteiger partial charge in [0.15, 0.2) is 0 Å². The third-order valence-corrected chi connectivity index (χ3v) is 3.20. The highest BCUT2D eigenvalue weighted by atomic mass is 35.5. The molecule has 1 aromatic heterocycles. The quantitative estimate of drug-likeness (QED) is 0.844. The fourth-order valence-electron chi connectivity index (χ4n) is 1.78. The van der Waals surface area contributed by atoms with Crippen LogP contribution in [0.4, 0.5) is 4.39 Å². The first-order valence-electron chi connectivity index (χ1n) is 5.79. The molecular weight excluding hydrogens is 253 g/mol. The van der Waals surface area contributed by atoms with E-state index >= 15 is 0 Å². The van der Waals surface area contributed by atoms with Gasteiger partial charge in [0.2, 0.25) is 0 Å². The lowest BCUT2D eigenvalue weighted by Gasteiger charge is -2.08. The molecule has 0 aliphatic carbocycles. The Morgan fingerprint density at radius 2 is 2.22 bits per heavy atom. The van der Waals surface area contributed by atoms with Gasteiger partial charge in [-0.25, -0.2) is 4.39 Å². The van der Waals surface area contributed by atoms with Crippen LogP contribution in [-0.2, 0) is 20.0 Å². The fraction of sp³-hybridized carbons (Fsp3) is 0.308. The van der Waals surface area contributed by atoms with E-state index in [1.807, 2.05) is 17.8 Å². The van der Waals surface area contributed by atoms with E-state index in [0.717, 1.165) is 18.7 Å². The summed E-state index contributed by atoms with van der Waals surface area (Å²) < 4.78 is 15.3. The summed E-state index contributed by atoms with van der Waals surface area (Å²) in [6.45, 7) is 1.19. The Bertz CT molecular complexity index is 504. The molecule has 1 aromatic carbocycles. The lowest BCUT2D eigenvalue weighted by Crippen LogP contribution is -2.18. The van der Waals surface area contributed by atoms with Gasteiger partial charge in [0.05, 0.1) is 0 Å². The number of aryl methyl sites for hydroxylation is 1. The van der Waals surface area contributed by atoms with E-state index in [4.69, 9.17) is 11.6 Å². The van der Waals surface area contributed by atoms with Crippen LogP contribution in [0.25, 0.3) is 0 Å². The van der Waals surface area contributed by atoms with Gasteiger partial charge in [0, 0.05) is 49.0 Å². The zero-order valence-electron chi connectivity index (χ0n) is 10.2. The predicted molar refractivity (Wildman–Crippen MR) is 70.0 cm³/mol. The van der Waals surface area contributed by atoms with Crippen LogP contribution < -0.4 is 5.32 Å². The molecule has 0 radical (unpaired) electrons. The van der Waals surface area contributed by atoms with E-state index in [-0.39, 0.29) is 5.82 Å². The summed E-state index contributed by atoms with van der Waals surface area (Å²) in [6, 6.07) is 6.70. The van der Waals surface area contributed by atoms with Crippen molar-refractivity contribution < 1.29 is 4.39 Å². The van der Waals surface area contributed by atoms with Crippen molar-refractivity contribution in [1.82, 2.24) is 15.1 Å². The Morgan fingerprint density at radius 1 is 1.39 bits per heavy atom. The lowest BCUT2D eigenvalue weighted by atomic mass is 10.2. The van der Waals surface area contributed by atoms with Crippen molar-refractivity contribution in [1.29, 1.82) is 0 Å². The molecule has 0 amide bonds. The zero-order chi connectivity index (χ0) is 13.0. The average Bonchev–Trinajstić information content (AvgIpc) is 2.73. The molecule has 0 atom stereocenters. The van der Waals surface area contributed by atoms with Gasteiger partial charge >= 0.3 is 0 Å². The van der Waals surface area contributed by atoms with Gasteiger partial charge in [-0.15, -0.1) is 0 Å². The van der Waals surface area contributed by atoms with Crippen LogP contribution in [0.15, 0.2) is 30.5 Å². The maximum Gasteiger partial charge on any atom is 0.129 e. The van der Waals surface area contributed by atoms with Crippen molar-refractivity contribution in [2.45, 2.75) is 13.0 Å². The van der Waals surface area contributed by atoms with E-state index in [1.165, 1.54) is 6.07 Å². The Kier molecular flexibility index (Phi) is 4.33. The van der Waals surface area contributed by atoms with Crippen LogP contribution >= 0.6 is 11.6 Å². The molecule has 2 rings (SSSR count). The Balaban J connectivity index is 1.84. The van der Waals surface area contributed by atoms with Gasteiger partial charge in [0.25, 0.3) is 0 Å². The molecular formula is C13H15ClFN3. The summed E-state index contributed by atoms with van der Waals surface area (Å²) in [4.78, 5) is 0. The largest absolute Gasteiger partial charge is 0.312 e.